The number of rotatable bonds is 7. The zero-order chi connectivity index (χ0) is 17.0. The average molecular weight is 363 g/mol. The summed E-state index contributed by atoms with van der Waals surface area (Å²) in [4.78, 5) is 5.19. The lowest BCUT2D eigenvalue weighted by Crippen LogP contribution is -2.27. The number of aromatic nitrogens is 2. The maximum Gasteiger partial charge on any atom is 0.228 e. The fourth-order valence-corrected chi connectivity index (χ4v) is 3.93. The quantitative estimate of drug-likeness (QED) is 0.698. The Morgan fingerprint density at radius 1 is 1.21 bits per heavy atom. The van der Waals surface area contributed by atoms with Crippen molar-refractivity contribution < 1.29 is 12.9 Å². The van der Waals surface area contributed by atoms with Gasteiger partial charge in [0.05, 0.1) is 10.6 Å². The fraction of sp³-hybridized carbons (Fsp3) is 0.250. The van der Waals surface area contributed by atoms with Gasteiger partial charge in [-0.1, -0.05) is 41.1 Å². The molecule has 2 aromatic heterocycles. The molecule has 0 saturated carbocycles. The Labute approximate surface area is 144 Å². The van der Waals surface area contributed by atoms with Crippen molar-refractivity contribution in [2.24, 2.45) is 0 Å². The van der Waals surface area contributed by atoms with Crippen LogP contribution >= 0.6 is 11.3 Å². The van der Waals surface area contributed by atoms with E-state index in [4.69, 9.17) is 4.52 Å². The van der Waals surface area contributed by atoms with E-state index in [2.05, 4.69) is 14.9 Å². The molecule has 0 aliphatic rings. The summed E-state index contributed by atoms with van der Waals surface area (Å²) in [7, 11) is -3.39. The molecule has 0 spiro atoms. The van der Waals surface area contributed by atoms with Crippen molar-refractivity contribution in [3.05, 3.63) is 58.8 Å². The van der Waals surface area contributed by atoms with Gasteiger partial charge in [0.2, 0.25) is 21.7 Å². The monoisotopic (exact) mass is 363 g/mol. The molecule has 0 amide bonds. The second kappa shape index (κ2) is 7.25. The maximum atomic E-state index is 12.1. The van der Waals surface area contributed by atoms with Crippen LogP contribution in [0.5, 0.6) is 0 Å². The summed E-state index contributed by atoms with van der Waals surface area (Å²) in [6.07, 6.45) is 0.353. The summed E-state index contributed by atoms with van der Waals surface area (Å²) in [5, 5.41) is 5.83. The van der Waals surface area contributed by atoms with Crippen LogP contribution in [0.3, 0.4) is 0 Å². The predicted molar refractivity (Wildman–Crippen MR) is 93.1 cm³/mol. The van der Waals surface area contributed by atoms with Gasteiger partial charge in [-0.05, 0) is 23.9 Å². The van der Waals surface area contributed by atoms with Gasteiger partial charge in [0.25, 0.3) is 0 Å². The molecule has 3 aromatic rings. The highest BCUT2D eigenvalue weighted by Crippen LogP contribution is 2.21. The number of aryl methyl sites for hydroxylation is 1. The van der Waals surface area contributed by atoms with Gasteiger partial charge in [-0.25, -0.2) is 13.1 Å². The summed E-state index contributed by atoms with van der Waals surface area (Å²) >= 11 is 1.52. The van der Waals surface area contributed by atoms with Crippen LogP contribution in [0.1, 0.15) is 17.0 Å². The van der Waals surface area contributed by atoms with Crippen molar-refractivity contribution in [2.45, 2.75) is 19.1 Å². The Kier molecular flexibility index (Phi) is 5.08. The number of hydrogen-bond acceptors (Lipinski definition) is 6. The molecule has 6 nitrogen and oxygen atoms in total. The van der Waals surface area contributed by atoms with Crippen LogP contribution in [0, 0.1) is 6.92 Å². The minimum atomic E-state index is -3.39. The van der Waals surface area contributed by atoms with Crippen molar-refractivity contribution >= 4 is 21.4 Å². The highest BCUT2D eigenvalue weighted by atomic mass is 32.2. The standard InChI is InChI=1S/C16H17N3O3S2/c1-12-4-6-13(7-5-12)11-24(20,21)17-9-8-15-18-16(19-22-15)14-3-2-10-23-14/h2-7,10,17H,8-9,11H2,1H3. The van der Waals surface area contributed by atoms with Gasteiger partial charge in [-0.2, -0.15) is 4.98 Å². The van der Waals surface area contributed by atoms with E-state index in [-0.39, 0.29) is 12.3 Å². The summed E-state index contributed by atoms with van der Waals surface area (Å²) in [6.45, 7) is 2.19. The Balaban J connectivity index is 1.53. The highest BCUT2D eigenvalue weighted by molar-refractivity contribution is 7.88. The molecule has 2 heterocycles. The number of nitrogens with zero attached hydrogens (tertiary/aromatic N) is 2. The number of benzene rings is 1. The predicted octanol–water partition coefficient (Wildman–Crippen LogP) is 2.77. The van der Waals surface area contributed by atoms with E-state index in [0.717, 1.165) is 16.0 Å². The average Bonchev–Trinajstić information content (AvgIpc) is 3.20. The van der Waals surface area contributed by atoms with Crippen molar-refractivity contribution in [3.8, 4) is 10.7 Å². The van der Waals surface area contributed by atoms with Gasteiger partial charge in [0.1, 0.15) is 0 Å². The summed E-state index contributed by atoms with van der Waals surface area (Å²) in [5.74, 6) is 0.899. The Morgan fingerprint density at radius 3 is 2.71 bits per heavy atom. The molecule has 1 aromatic carbocycles. The summed E-state index contributed by atoms with van der Waals surface area (Å²) < 4.78 is 31.9. The lowest BCUT2D eigenvalue weighted by atomic mass is 10.2. The minimum absolute atomic E-state index is 0.0441. The molecular weight excluding hydrogens is 346 g/mol. The van der Waals surface area contributed by atoms with Crippen molar-refractivity contribution in [3.63, 3.8) is 0 Å². The van der Waals surface area contributed by atoms with Gasteiger partial charge in [0.15, 0.2) is 0 Å². The molecule has 24 heavy (non-hydrogen) atoms. The summed E-state index contributed by atoms with van der Waals surface area (Å²) in [5.41, 5.74) is 1.85. The number of nitrogens with one attached hydrogen (secondary N) is 1. The smallest absolute Gasteiger partial charge is 0.228 e. The Bertz CT molecular complexity index is 885. The van der Waals surface area contributed by atoms with E-state index in [1.54, 1.807) is 0 Å². The lowest BCUT2D eigenvalue weighted by Gasteiger charge is -2.06. The van der Waals surface area contributed by atoms with Gasteiger partial charge < -0.3 is 4.52 Å². The van der Waals surface area contributed by atoms with Crippen LogP contribution in [0.2, 0.25) is 0 Å². The van der Waals surface area contributed by atoms with Crippen LogP contribution in [-0.4, -0.2) is 25.1 Å². The van der Waals surface area contributed by atoms with Gasteiger partial charge in [-0.15, -0.1) is 11.3 Å². The van der Waals surface area contributed by atoms with Crippen LogP contribution in [0.25, 0.3) is 10.7 Å². The molecule has 0 fully saturated rings. The number of hydrogen-bond donors (Lipinski definition) is 1. The van der Waals surface area contributed by atoms with Crippen LogP contribution in [-0.2, 0) is 22.2 Å². The van der Waals surface area contributed by atoms with E-state index in [1.165, 1.54) is 11.3 Å². The largest absolute Gasteiger partial charge is 0.339 e. The SMILES string of the molecule is Cc1ccc(CS(=O)(=O)NCCc2nc(-c3cccs3)no2)cc1. The Hall–Kier alpha value is -2.03. The molecule has 0 atom stereocenters. The second-order valence-corrected chi connectivity index (χ2v) is 8.13. The first-order valence-corrected chi connectivity index (χ1v) is 9.94. The van der Waals surface area contributed by atoms with Crippen molar-refractivity contribution in [1.82, 2.24) is 14.9 Å². The number of sulfonamides is 1. The molecule has 126 valence electrons. The van der Waals surface area contributed by atoms with Crippen molar-refractivity contribution in [1.29, 1.82) is 0 Å². The molecule has 0 unspecified atom stereocenters. The third kappa shape index (κ3) is 4.50. The van der Waals surface area contributed by atoms with E-state index in [1.807, 2.05) is 48.7 Å². The molecule has 0 aliphatic heterocycles. The third-order valence-electron chi connectivity index (χ3n) is 3.35. The molecular formula is C16H17N3O3S2. The first kappa shape index (κ1) is 16.8. The van der Waals surface area contributed by atoms with E-state index < -0.39 is 10.0 Å². The first-order valence-electron chi connectivity index (χ1n) is 7.41. The topological polar surface area (TPSA) is 85.1 Å². The second-order valence-electron chi connectivity index (χ2n) is 5.38. The maximum absolute atomic E-state index is 12.1. The molecule has 0 radical (unpaired) electrons. The fourth-order valence-electron chi connectivity index (χ4n) is 2.13. The molecule has 0 bridgehead atoms. The van der Waals surface area contributed by atoms with E-state index >= 15 is 0 Å². The number of thiophene rings is 1. The van der Waals surface area contributed by atoms with Gasteiger partial charge >= 0.3 is 0 Å². The zero-order valence-corrected chi connectivity index (χ0v) is 14.7. The molecule has 0 saturated heterocycles. The third-order valence-corrected chi connectivity index (χ3v) is 5.57. The van der Waals surface area contributed by atoms with Crippen molar-refractivity contribution in [2.75, 3.05) is 6.54 Å². The zero-order valence-electron chi connectivity index (χ0n) is 13.1. The lowest BCUT2D eigenvalue weighted by molar-refractivity contribution is 0.379. The molecule has 1 N–H and O–H groups in total. The van der Waals surface area contributed by atoms with Gasteiger partial charge in [-0.3, -0.25) is 0 Å². The molecule has 8 heteroatoms. The molecule has 0 aliphatic carbocycles. The van der Waals surface area contributed by atoms with Crippen LogP contribution in [0.15, 0.2) is 46.3 Å². The summed E-state index contributed by atoms with van der Waals surface area (Å²) in [6, 6.07) is 11.3. The van der Waals surface area contributed by atoms with Crippen LogP contribution < -0.4 is 4.72 Å². The normalized spacial score (nSPS) is 11.7. The first-order chi connectivity index (χ1) is 11.5. The molecule has 3 rings (SSSR count). The van der Waals surface area contributed by atoms with E-state index in [9.17, 15) is 8.42 Å². The Morgan fingerprint density at radius 2 is 2.00 bits per heavy atom. The minimum Gasteiger partial charge on any atom is -0.339 e. The van der Waals surface area contributed by atoms with Gasteiger partial charge in [0, 0.05) is 13.0 Å². The van der Waals surface area contributed by atoms with Crippen LogP contribution in [0.4, 0.5) is 0 Å². The highest BCUT2D eigenvalue weighted by Gasteiger charge is 2.13. The van der Waals surface area contributed by atoms with E-state index in [0.29, 0.717) is 18.1 Å².